The van der Waals surface area contributed by atoms with Gasteiger partial charge in [0, 0.05) is 18.5 Å². The second kappa shape index (κ2) is 4.30. The van der Waals surface area contributed by atoms with Crippen LogP contribution >= 0.6 is 0 Å². The highest BCUT2D eigenvalue weighted by molar-refractivity contribution is 5.57. The summed E-state index contributed by atoms with van der Waals surface area (Å²) in [7, 11) is 0. The van der Waals surface area contributed by atoms with Gasteiger partial charge in [-0.25, -0.2) is 0 Å². The van der Waals surface area contributed by atoms with Gasteiger partial charge in [0.2, 0.25) is 11.7 Å². The van der Waals surface area contributed by atoms with Gasteiger partial charge in [0.1, 0.15) is 0 Å². The first-order chi connectivity index (χ1) is 8.36. The molecule has 88 valence electrons. The van der Waals surface area contributed by atoms with Crippen LogP contribution in [0.1, 0.15) is 23.4 Å². The smallest absolute Gasteiger partial charge is 0.228 e. The molecule has 1 aliphatic rings. The van der Waals surface area contributed by atoms with Crippen LogP contribution in [-0.4, -0.2) is 16.7 Å². The summed E-state index contributed by atoms with van der Waals surface area (Å²) in [6.45, 7) is 0.534. The SMILES string of the molecule is NCCc1nc(-c2ccc3c(c2)CCC3)no1. The number of fused-ring (bicyclic) bond motifs is 1. The lowest BCUT2D eigenvalue weighted by molar-refractivity contribution is 0.380. The Morgan fingerprint density at radius 3 is 3.00 bits per heavy atom. The summed E-state index contributed by atoms with van der Waals surface area (Å²) in [4.78, 5) is 4.34. The number of hydrogen-bond acceptors (Lipinski definition) is 4. The molecule has 0 spiro atoms. The molecule has 4 heteroatoms. The lowest BCUT2D eigenvalue weighted by atomic mass is 10.1. The van der Waals surface area contributed by atoms with Gasteiger partial charge >= 0.3 is 0 Å². The summed E-state index contributed by atoms with van der Waals surface area (Å²) < 4.78 is 5.14. The van der Waals surface area contributed by atoms with Gasteiger partial charge in [0.25, 0.3) is 0 Å². The third-order valence-corrected chi connectivity index (χ3v) is 3.18. The summed E-state index contributed by atoms with van der Waals surface area (Å²) in [6, 6.07) is 6.43. The van der Waals surface area contributed by atoms with Crippen molar-refractivity contribution in [2.75, 3.05) is 6.54 Å². The summed E-state index contributed by atoms with van der Waals surface area (Å²) in [5.41, 5.74) is 9.38. The second-order valence-electron chi connectivity index (χ2n) is 4.39. The van der Waals surface area contributed by atoms with Gasteiger partial charge in [-0.1, -0.05) is 17.3 Å². The molecular formula is C13H15N3O. The molecule has 3 rings (SSSR count). The van der Waals surface area contributed by atoms with Crippen molar-refractivity contribution in [3.63, 3.8) is 0 Å². The fourth-order valence-corrected chi connectivity index (χ4v) is 2.31. The molecule has 0 fully saturated rings. The molecule has 1 aromatic heterocycles. The maximum Gasteiger partial charge on any atom is 0.228 e. The molecule has 0 saturated heterocycles. The first-order valence-corrected chi connectivity index (χ1v) is 6.01. The number of aromatic nitrogens is 2. The topological polar surface area (TPSA) is 64.9 Å². The molecule has 0 atom stereocenters. The van der Waals surface area contributed by atoms with E-state index in [4.69, 9.17) is 10.3 Å². The molecule has 1 aliphatic carbocycles. The fourth-order valence-electron chi connectivity index (χ4n) is 2.31. The van der Waals surface area contributed by atoms with Crippen molar-refractivity contribution in [2.24, 2.45) is 5.73 Å². The normalized spacial score (nSPS) is 13.9. The van der Waals surface area contributed by atoms with Gasteiger partial charge in [-0.2, -0.15) is 4.98 Å². The molecule has 4 nitrogen and oxygen atoms in total. The standard InChI is InChI=1S/C13H15N3O/c14-7-6-12-15-13(16-17-12)11-5-4-9-2-1-3-10(9)8-11/h4-5,8H,1-3,6-7,14H2. The third kappa shape index (κ3) is 1.96. The third-order valence-electron chi connectivity index (χ3n) is 3.18. The van der Waals surface area contributed by atoms with Crippen LogP contribution in [0.2, 0.25) is 0 Å². The molecule has 0 amide bonds. The van der Waals surface area contributed by atoms with Crippen molar-refractivity contribution in [3.05, 3.63) is 35.2 Å². The van der Waals surface area contributed by atoms with Gasteiger partial charge in [-0.3, -0.25) is 0 Å². The van der Waals surface area contributed by atoms with Crippen LogP contribution in [-0.2, 0) is 19.3 Å². The van der Waals surface area contributed by atoms with Crippen LogP contribution in [0, 0.1) is 0 Å². The monoisotopic (exact) mass is 229 g/mol. The molecule has 0 bridgehead atoms. The number of rotatable bonds is 3. The molecule has 1 heterocycles. The number of nitrogens with zero attached hydrogens (tertiary/aromatic N) is 2. The summed E-state index contributed by atoms with van der Waals surface area (Å²) in [5.74, 6) is 1.28. The van der Waals surface area contributed by atoms with Gasteiger partial charge < -0.3 is 10.3 Å². The Balaban J connectivity index is 1.92. The first-order valence-electron chi connectivity index (χ1n) is 6.01. The summed E-state index contributed by atoms with van der Waals surface area (Å²) in [5, 5.41) is 3.99. The van der Waals surface area contributed by atoms with Gasteiger partial charge in [-0.15, -0.1) is 0 Å². The van der Waals surface area contributed by atoms with Gasteiger partial charge in [-0.05, 0) is 36.5 Å². The molecule has 1 aromatic carbocycles. The molecular weight excluding hydrogens is 214 g/mol. The highest BCUT2D eigenvalue weighted by atomic mass is 16.5. The number of hydrogen-bond donors (Lipinski definition) is 1. The summed E-state index contributed by atoms with van der Waals surface area (Å²) >= 11 is 0. The van der Waals surface area contributed by atoms with E-state index >= 15 is 0 Å². The Kier molecular flexibility index (Phi) is 2.65. The van der Waals surface area contributed by atoms with E-state index in [0.29, 0.717) is 24.7 Å². The van der Waals surface area contributed by atoms with E-state index in [1.165, 1.54) is 24.0 Å². The lowest BCUT2D eigenvalue weighted by Gasteiger charge is -2.00. The van der Waals surface area contributed by atoms with Crippen LogP contribution in [0.4, 0.5) is 0 Å². The van der Waals surface area contributed by atoms with E-state index in [1.807, 2.05) is 0 Å². The van der Waals surface area contributed by atoms with Crippen LogP contribution in [0.25, 0.3) is 11.4 Å². The van der Waals surface area contributed by atoms with Crippen molar-refractivity contribution in [3.8, 4) is 11.4 Å². The van der Waals surface area contributed by atoms with E-state index in [0.717, 1.165) is 12.0 Å². The Morgan fingerprint density at radius 2 is 2.12 bits per heavy atom. The molecule has 17 heavy (non-hydrogen) atoms. The van der Waals surface area contributed by atoms with Crippen LogP contribution in [0.3, 0.4) is 0 Å². The van der Waals surface area contributed by atoms with Crippen LogP contribution < -0.4 is 5.73 Å². The zero-order valence-electron chi connectivity index (χ0n) is 9.65. The van der Waals surface area contributed by atoms with Crippen LogP contribution in [0.15, 0.2) is 22.7 Å². The van der Waals surface area contributed by atoms with Gasteiger partial charge in [0.05, 0.1) is 0 Å². The number of nitrogens with two attached hydrogens (primary N) is 1. The zero-order chi connectivity index (χ0) is 11.7. The van der Waals surface area contributed by atoms with Crippen molar-refractivity contribution in [2.45, 2.75) is 25.7 Å². The molecule has 0 saturated carbocycles. The van der Waals surface area contributed by atoms with Crippen molar-refractivity contribution >= 4 is 0 Å². The van der Waals surface area contributed by atoms with E-state index in [-0.39, 0.29) is 0 Å². The maximum atomic E-state index is 5.45. The minimum absolute atomic E-state index is 0.534. The Hall–Kier alpha value is -1.68. The Bertz CT molecular complexity index is 533. The average molecular weight is 229 g/mol. The van der Waals surface area contributed by atoms with E-state index < -0.39 is 0 Å². The number of aryl methyl sites for hydroxylation is 2. The fraction of sp³-hybridized carbons (Fsp3) is 0.385. The molecule has 2 N–H and O–H groups in total. The predicted octanol–water partition coefficient (Wildman–Crippen LogP) is 1.73. The molecule has 2 aromatic rings. The van der Waals surface area contributed by atoms with Crippen molar-refractivity contribution < 1.29 is 4.52 Å². The van der Waals surface area contributed by atoms with Gasteiger partial charge in [0.15, 0.2) is 0 Å². The Morgan fingerprint density at radius 1 is 1.24 bits per heavy atom. The van der Waals surface area contributed by atoms with Crippen molar-refractivity contribution in [1.29, 1.82) is 0 Å². The minimum atomic E-state index is 0.534. The average Bonchev–Trinajstić information content (AvgIpc) is 2.96. The molecule has 0 unspecified atom stereocenters. The van der Waals surface area contributed by atoms with Crippen molar-refractivity contribution in [1.82, 2.24) is 10.1 Å². The molecule has 0 aliphatic heterocycles. The Labute approximate surface area is 99.8 Å². The first kappa shape index (κ1) is 10.5. The highest BCUT2D eigenvalue weighted by Gasteiger charge is 2.14. The highest BCUT2D eigenvalue weighted by Crippen LogP contribution is 2.26. The van der Waals surface area contributed by atoms with E-state index in [2.05, 4.69) is 28.3 Å². The zero-order valence-corrected chi connectivity index (χ0v) is 9.65. The molecule has 0 radical (unpaired) electrons. The lowest BCUT2D eigenvalue weighted by Crippen LogP contribution is -2.02. The maximum absolute atomic E-state index is 5.45. The predicted molar refractivity (Wildman–Crippen MR) is 64.5 cm³/mol. The summed E-state index contributed by atoms with van der Waals surface area (Å²) in [6.07, 6.45) is 4.25. The second-order valence-corrected chi connectivity index (χ2v) is 4.39. The largest absolute Gasteiger partial charge is 0.339 e. The minimum Gasteiger partial charge on any atom is -0.339 e. The quantitative estimate of drug-likeness (QED) is 0.870. The van der Waals surface area contributed by atoms with Crippen LogP contribution in [0.5, 0.6) is 0 Å². The van der Waals surface area contributed by atoms with E-state index in [1.54, 1.807) is 0 Å². The van der Waals surface area contributed by atoms with E-state index in [9.17, 15) is 0 Å². The number of benzene rings is 1.